The molecule has 1 rings (SSSR count). The van der Waals surface area contributed by atoms with Gasteiger partial charge in [0, 0.05) is 5.92 Å². The third-order valence-electron chi connectivity index (χ3n) is 2.73. The lowest BCUT2D eigenvalue weighted by atomic mass is 9.86. The Kier molecular flexibility index (Phi) is 2.52. The molecule has 1 aliphatic rings. The van der Waals surface area contributed by atoms with E-state index in [1.165, 1.54) is 0 Å². The first-order chi connectivity index (χ1) is 5.10. The molecule has 3 N–H and O–H groups in total. The highest BCUT2D eigenvalue weighted by atomic mass is 16.5. The molecule has 0 bridgehead atoms. The minimum atomic E-state index is -0.672. The number of hydrogen-bond donors (Lipinski definition) is 2. The summed E-state index contributed by atoms with van der Waals surface area (Å²) < 4.78 is 5.33. The maximum atomic E-state index is 9.93. The van der Waals surface area contributed by atoms with Gasteiger partial charge in [-0.2, -0.15) is 0 Å². The van der Waals surface area contributed by atoms with E-state index in [1.807, 2.05) is 13.8 Å². The van der Waals surface area contributed by atoms with Crippen molar-refractivity contribution in [2.45, 2.75) is 32.0 Å². The summed E-state index contributed by atoms with van der Waals surface area (Å²) in [6.45, 7) is 4.95. The van der Waals surface area contributed by atoms with Crippen LogP contribution in [0.3, 0.4) is 0 Å². The van der Waals surface area contributed by atoms with Gasteiger partial charge in [-0.25, -0.2) is 0 Å². The van der Waals surface area contributed by atoms with E-state index in [2.05, 4.69) is 0 Å². The second-order valence-electron chi connectivity index (χ2n) is 3.45. The van der Waals surface area contributed by atoms with Crippen molar-refractivity contribution in [3.63, 3.8) is 0 Å². The summed E-state index contributed by atoms with van der Waals surface area (Å²) in [5.74, 6) is 0.200. The van der Waals surface area contributed by atoms with Crippen molar-refractivity contribution in [2.24, 2.45) is 11.7 Å². The molecule has 1 saturated heterocycles. The van der Waals surface area contributed by atoms with Crippen LogP contribution in [0.2, 0.25) is 0 Å². The van der Waals surface area contributed by atoms with Crippen molar-refractivity contribution in [2.75, 3.05) is 13.2 Å². The van der Waals surface area contributed by atoms with Crippen LogP contribution in [0.15, 0.2) is 0 Å². The molecule has 0 aromatic heterocycles. The highest BCUT2D eigenvalue weighted by Gasteiger charge is 2.42. The summed E-state index contributed by atoms with van der Waals surface area (Å²) in [5.41, 5.74) is 4.71. The summed E-state index contributed by atoms with van der Waals surface area (Å²) in [7, 11) is 0. The molecule has 0 spiro atoms. The fourth-order valence-electron chi connectivity index (χ4n) is 1.54. The van der Waals surface area contributed by atoms with Crippen LogP contribution in [0.4, 0.5) is 0 Å². The van der Waals surface area contributed by atoms with Gasteiger partial charge in [0.05, 0.1) is 18.3 Å². The van der Waals surface area contributed by atoms with Gasteiger partial charge >= 0.3 is 0 Å². The number of hydrogen-bond acceptors (Lipinski definition) is 3. The lowest BCUT2D eigenvalue weighted by molar-refractivity contribution is -0.0000938. The van der Waals surface area contributed by atoms with E-state index in [0.29, 0.717) is 19.6 Å². The quantitative estimate of drug-likeness (QED) is 0.601. The first kappa shape index (κ1) is 8.97. The SMILES string of the molecule is CC1OCC(O)(CCN)C1C. The Hall–Kier alpha value is -0.120. The molecule has 0 aromatic carbocycles. The fourth-order valence-corrected chi connectivity index (χ4v) is 1.54. The minimum Gasteiger partial charge on any atom is -0.387 e. The molecule has 0 saturated carbocycles. The minimum absolute atomic E-state index is 0.159. The van der Waals surface area contributed by atoms with Crippen molar-refractivity contribution in [1.29, 1.82) is 0 Å². The van der Waals surface area contributed by atoms with Gasteiger partial charge in [0.15, 0.2) is 0 Å². The van der Waals surface area contributed by atoms with E-state index in [-0.39, 0.29) is 12.0 Å². The predicted octanol–water partition coefficient (Wildman–Crippen LogP) is 0.121. The molecule has 3 unspecified atom stereocenters. The topological polar surface area (TPSA) is 55.5 Å². The number of ether oxygens (including phenoxy) is 1. The molecule has 0 radical (unpaired) electrons. The molecule has 66 valence electrons. The molecule has 3 nitrogen and oxygen atoms in total. The molecule has 0 amide bonds. The Morgan fingerprint density at radius 2 is 2.27 bits per heavy atom. The van der Waals surface area contributed by atoms with E-state index >= 15 is 0 Å². The van der Waals surface area contributed by atoms with Crippen LogP contribution in [0.25, 0.3) is 0 Å². The smallest absolute Gasteiger partial charge is 0.0942 e. The summed E-state index contributed by atoms with van der Waals surface area (Å²) in [5, 5.41) is 9.93. The van der Waals surface area contributed by atoms with E-state index in [4.69, 9.17) is 10.5 Å². The van der Waals surface area contributed by atoms with E-state index in [1.54, 1.807) is 0 Å². The average molecular weight is 159 g/mol. The molecule has 0 aliphatic carbocycles. The van der Waals surface area contributed by atoms with Gasteiger partial charge in [0.1, 0.15) is 0 Å². The maximum absolute atomic E-state index is 9.93. The Bertz CT molecular complexity index is 136. The van der Waals surface area contributed by atoms with Crippen molar-refractivity contribution in [1.82, 2.24) is 0 Å². The van der Waals surface area contributed by atoms with Crippen LogP contribution in [0.1, 0.15) is 20.3 Å². The monoisotopic (exact) mass is 159 g/mol. The molecule has 1 heterocycles. The van der Waals surface area contributed by atoms with Crippen LogP contribution < -0.4 is 5.73 Å². The van der Waals surface area contributed by atoms with E-state index in [0.717, 1.165) is 0 Å². The first-order valence-electron chi connectivity index (χ1n) is 4.14. The molecule has 3 heteroatoms. The summed E-state index contributed by atoms with van der Waals surface area (Å²) >= 11 is 0. The zero-order chi connectivity index (χ0) is 8.48. The predicted molar refractivity (Wildman–Crippen MR) is 43.2 cm³/mol. The van der Waals surface area contributed by atoms with Crippen LogP contribution in [0, 0.1) is 5.92 Å². The average Bonchev–Trinajstić information content (AvgIpc) is 2.19. The summed E-state index contributed by atoms with van der Waals surface area (Å²) in [6.07, 6.45) is 0.796. The second kappa shape index (κ2) is 3.09. The Balaban J connectivity index is 2.57. The zero-order valence-corrected chi connectivity index (χ0v) is 7.21. The van der Waals surface area contributed by atoms with Crippen LogP contribution in [-0.2, 0) is 4.74 Å². The van der Waals surface area contributed by atoms with E-state index in [9.17, 15) is 5.11 Å². The van der Waals surface area contributed by atoms with Gasteiger partial charge in [-0.1, -0.05) is 6.92 Å². The molecular formula is C8H17NO2. The Morgan fingerprint density at radius 1 is 1.64 bits per heavy atom. The van der Waals surface area contributed by atoms with Gasteiger partial charge in [-0.15, -0.1) is 0 Å². The highest BCUT2D eigenvalue weighted by molar-refractivity contribution is 4.92. The zero-order valence-electron chi connectivity index (χ0n) is 7.21. The van der Waals surface area contributed by atoms with Gasteiger partial charge < -0.3 is 15.6 Å². The van der Waals surface area contributed by atoms with Crippen LogP contribution in [0.5, 0.6) is 0 Å². The summed E-state index contributed by atoms with van der Waals surface area (Å²) in [6, 6.07) is 0. The van der Waals surface area contributed by atoms with Crippen molar-refractivity contribution < 1.29 is 9.84 Å². The van der Waals surface area contributed by atoms with Crippen molar-refractivity contribution in [3.05, 3.63) is 0 Å². The third kappa shape index (κ3) is 1.55. The molecule has 1 aliphatic heterocycles. The lowest BCUT2D eigenvalue weighted by Crippen LogP contribution is -2.38. The maximum Gasteiger partial charge on any atom is 0.0942 e. The number of rotatable bonds is 2. The molecule has 3 atom stereocenters. The largest absolute Gasteiger partial charge is 0.387 e. The fraction of sp³-hybridized carbons (Fsp3) is 1.00. The third-order valence-corrected chi connectivity index (χ3v) is 2.73. The normalized spacial score (nSPS) is 44.7. The molecule has 11 heavy (non-hydrogen) atoms. The summed E-state index contributed by atoms with van der Waals surface area (Å²) in [4.78, 5) is 0. The van der Waals surface area contributed by atoms with Crippen molar-refractivity contribution >= 4 is 0 Å². The van der Waals surface area contributed by atoms with Crippen molar-refractivity contribution in [3.8, 4) is 0 Å². The van der Waals surface area contributed by atoms with Crippen LogP contribution >= 0.6 is 0 Å². The van der Waals surface area contributed by atoms with Crippen LogP contribution in [-0.4, -0.2) is 30.0 Å². The van der Waals surface area contributed by atoms with Gasteiger partial charge in [-0.05, 0) is 19.9 Å². The molecule has 1 fully saturated rings. The molecule has 0 aromatic rings. The van der Waals surface area contributed by atoms with Gasteiger partial charge in [0.25, 0.3) is 0 Å². The number of aliphatic hydroxyl groups is 1. The number of nitrogens with two attached hydrogens (primary N) is 1. The Morgan fingerprint density at radius 3 is 2.64 bits per heavy atom. The van der Waals surface area contributed by atoms with Gasteiger partial charge in [-0.3, -0.25) is 0 Å². The second-order valence-corrected chi connectivity index (χ2v) is 3.45. The highest BCUT2D eigenvalue weighted by Crippen LogP contribution is 2.32. The molecular weight excluding hydrogens is 142 g/mol. The first-order valence-corrected chi connectivity index (χ1v) is 4.14. The standard InChI is InChI=1S/C8H17NO2/c1-6-7(2)11-5-8(6,10)3-4-9/h6-7,10H,3-5,9H2,1-2H3. The lowest BCUT2D eigenvalue weighted by Gasteiger charge is -2.25. The van der Waals surface area contributed by atoms with Gasteiger partial charge in [0.2, 0.25) is 0 Å². The van der Waals surface area contributed by atoms with E-state index < -0.39 is 5.60 Å². The Labute approximate surface area is 67.5 Å².